The van der Waals surface area contributed by atoms with Gasteiger partial charge in [0.2, 0.25) is 0 Å². The third kappa shape index (κ3) is 6.48. The predicted molar refractivity (Wildman–Crippen MR) is 180 cm³/mol. The van der Waals surface area contributed by atoms with Gasteiger partial charge in [-0.2, -0.15) is 26.3 Å². The topological polar surface area (TPSA) is 38.7 Å². The van der Waals surface area contributed by atoms with Crippen molar-refractivity contribution in [1.82, 2.24) is 0 Å². The lowest BCUT2D eigenvalue weighted by Crippen LogP contribution is -2.18. The summed E-state index contributed by atoms with van der Waals surface area (Å²) in [6.45, 7) is 8.02. The molecule has 1 N–H and O–H groups in total. The third-order valence-corrected chi connectivity index (χ3v) is 9.75. The fourth-order valence-electron chi connectivity index (χ4n) is 6.24. The summed E-state index contributed by atoms with van der Waals surface area (Å²) in [6, 6.07) is 21.7. The minimum absolute atomic E-state index is 0.0776. The van der Waals surface area contributed by atoms with Crippen molar-refractivity contribution in [1.29, 1.82) is 0 Å². The number of aromatic hydroxyl groups is 1. The standard InChI is InChI=1S/C38H33F6O3P/c1-20-10-7-11-21(2)31(20)25-14-9-15-26(32-22(3)12-8-13-23(32)4)33(25)27-16-17-29(46-5)36(35(27)47-6)48-30-19-24(37(39,40)41)18-28(34(30)45)38(42,43)44/h7-19,45,48H,1-6H3. The maximum atomic E-state index is 13.9. The molecule has 5 rings (SSSR count). The highest BCUT2D eigenvalue weighted by atomic mass is 31.1. The molecule has 10 heteroatoms. The molecule has 0 radical (unpaired) electrons. The van der Waals surface area contributed by atoms with Crippen LogP contribution in [-0.2, 0) is 12.4 Å². The molecule has 3 nitrogen and oxygen atoms in total. The quantitative estimate of drug-likeness (QED) is 0.137. The summed E-state index contributed by atoms with van der Waals surface area (Å²) in [5.41, 5.74) is 5.76. The van der Waals surface area contributed by atoms with E-state index in [9.17, 15) is 31.4 Å². The van der Waals surface area contributed by atoms with Crippen LogP contribution in [0.15, 0.2) is 78.9 Å². The van der Waals surface area contributed by atoms with E-state index in [2.05, 4.69) is 0 Å². The summed E-state index contributed by atoms with van der Waals surface area (Å²) in [5.74, 6) is -0.905. The van der Waals surface area contributed by atoms with Crippen molar-refractivity contribution in [2.45, 2.75) is 40.0 Å². The SMILES string of the molecule is COc1ccc(-c2c(-c3c(C)cccc3C)cccc2-c2c(C)cccc2C)c(OC)c1Pc1cc(C(F)(F)F)cc(C(F)(F)F)c1O. The molecule has 0 aromatic heterocycles. The Kier molecular flexibility index (Phi) is 9.57. The first-order valence-corrected chi connectivity index (χ1v) is 15.9. The molecule has 250 valence electrons. The van der Waals surface area contributed by atoms with E-state index in [0.29, 0.717) is 11.6 Å². The van der Waals surface area contributed by atoms with Gasteiger partial charge in [-0.15, -0.1) is 0 Å². The molecule has 0 amide bonds. The first kappa shape index (κ1) is 34.8. The summed E-state index contributed by atoms with van der Waals surface area (Å²) in [4.78, 5) is 0. The first-order chi connectivity index (χ1) is 22.6. The Morgan fingerprint density at radius 3 is 1.52 bits per heavy atom. The van der Waals surface area contributed by atoms with E-state index in [1.165, 1.54) is 14.2 Å². The Morgan fingerprint density at radius 1 is 0.583 bits per heavy atom. The molecule has 0 bridgehead atoms. The van der Waals surface area contributed by atoms with Crippen molar-refractivity contribution < 1.29 is 40.9 Å². The van der Waals surface area contributed by atoms with Crippen LogP contribution >= 0.6 is 8.58 Å². The third-order valence-electron chi connectivity index (χ3n) is 8.38. The molecule has 1 atom stereocenters. The second-order valence-electron chi connectivity index (χ2n) is 11.5. The van der Waals surface area contributed by atoms with E-state index in [-0.39, 0.29) is 22.9 Å². The maximum absolute atomic E-state index is 13.9. The normalized spacial score (nSPS) is 12.2. The molecule has 0 aliphatic heterocycles. The molecule has 5 aromatic rings. The Morgan fingerprint density at radius 2 is 1.08 bits per heavy atom. The molecule has 1 unspecified atom stereocenters. The van der Waals surface area contributed by atoms with E-state index in [1.54, 1.807) is 12.1 Å². The molecule has 0 spiro atoms. The summed E-state index contributed by atoms with van der Waals surface area (Å²) in [7, 11) is 1.83. The highest BCUT2D eigenvalue weighted by Crippen LogP contribution is 2.48. The number of halogens is 6. The van der Waals surface area contributed by atoms with Gasteiger partial charge in [-0.1, -0.05) is 54.6 Å². The lowest BCUT2D eigenvalue weighted by Gasteiger charge is -2.24. The van der Waals surface area contributed by atoms with Crippen molar-refractivity contribution in [2.24, 2.45) is 0 Å². The number of methoxy groups -OCH3 is 2. The van der Waals surface area contributed by atoms with Crippen molar-refractivity contribution in [3.05, 3.63) is 112 Å². The molecule has 0 aliphatic rings. The highest BCUT2D eigenvalue weighted by molar-refractivity contribution is 7.56. The molecular weight excluding hydrogens is 649 g/mol. The maximum Gasteiger partial charge on any atom is 0.419 e. The van der Waals surface area contributed by atoms with Gasteiger partial charge in [0.1, 0.15) is 17.2 Å². The van der Waals surface area contributed by atoms with Crippen LogP contribution in [0, 0.1) is 27.7 Å². The van der Waals surface area contributed by atoms with E-state index in [1.807, 2.05) is 82.3 Å². The second-order valence-corrected chi connectivity index (χ2v) is 12.8. The van der Waals surface area contributed by atoms with E-state index < -0.39 is 43.1 Å². The fraction of sp³-hybridized carbons (Fsp3) is 0.211. The van der Waals surface area contributed by atoms with Gasteiger partial charge in [-0.05, 0) is 105 Å². The highest BCUT2D eigenvalue weighted by Gasteiger charge is 2.40. The van der Waals surface area contributed by atoms with Crippen molar-refractivity contribution in [3.63, 3.8) is 0 Å². The lowest BCUT2D eigenvalue weighted by molar-refractivity contribution is -0.143. The Bertz CT molecular complexity index is 1900. The van der Waals surface area contributed by atoms with E-state index >= 15 is 0 Å². The van der Waals surface area contributed by atoms with Crippen LogP contribution in [0.3, 0.4) is 0 Å². The molecule has 0 fully saturated rings. The van der Waals surface area contributed by atoms with Gasteiger partial charge in [0.15, 0.2) is 0 Å². The van der Waals surface area contributed by atoms with Crippen LogP contribution in [0.2, 0.25) is 0 Å². The zero-order valence-corrected chi connectivity index (χ0v) is 28.0. The van der Waals surface area contributed by atoms with Crippen LogP contribution in [0.5, 0.6) is 17.2 Å². The minimum Gasteiger partial charge on any atom is -0.507 e. The lowest BCUT2D eigenvalue weighted by atomic mass is 9.82. The Hall–Kier alpha value is -4.49. The summed E-state index contributed by atoms with van der Waals surface area (Å²) in [6.07, 6.45) is -10.3. The van der Waals surface area contributed by atoms with Crippen LogP contribution in [0.25, 0.3) is 33.4 Å². The number of ether oxygens (including phenoxy) is 2. The monoisotopic (exact) mass is 682 g/mol. The molecule has 5 aromatic carbocycles. The number of hydrogen-bond donors (Lipinski definition) is 1. The number of phenolic OH excluding ortho intramolecular Hbond substituents is 1. The Labute approximate surface area is 277 Å². The van der Waals surface area contributed by atoms with Gasteiger partial charge < -0.3 is 14.6 Å². The molecule has 0 heterocycles. The molecule has 0 saturated heterocycles. The summed E-state index contributed by atoms with van der Waals surface area (Å²) < 4.78 is 94.7. The Balaban J connectivity index is 1.88. The summed E-state index contributed by atoms with van der Waals surface area (Å²) in [5, 5.41) is 10.4. The largest absolute Gasteiger partial charge is 0.507 e. The van der Waals surface area contributed by atoms with Crippen LogP contribution < -0.4 is 20.1 Å². The minimum atomic E-state index is -5.23. The second kappa shape index (κ2) is 13.2. The van der Waals surface area contributed by atoms with Gasteiger partial charge in [0, 0.05) is 16.4 Å². The van der Waals surface area contributed by atoms with Gasteiger partial charge >= 0.3 is 12.4 Å². The van der Waals surface area contributed by atoms with Gasteiger partial charge in [-0.3, -0.25) is 0 Å². The molecule has 0 aliphatic carbocycles. The fourth-order valence-corrected chi connectivity index (χ4v) is 7.65. The van der Waals surface area contributed by atoms with Crippen molar-refractivity contribution >= 4 is 19.2 Å². The predicted octanol–water partition coefficient (Wildman–Crippen LogP) is 10.3. The van der Waals surface area contributed by atoms with Crippen LogP contribution in [-0.4, -0.2) is 19.3 Å². The smallest absolute Gasteiger partial charge is 0.419 e. The molecule has 48 heavy (non-hydrogen) atoms. The van der Waals surface area contributed by atoms with Crippen molar-refractivity contribution in [3.8, 4) is 50.6 Å². The van der Waals surface area contributed by atoms with Crippen LogP contribution in [0.4, 0.5) is 26.3 Å². The van der Waals surface area contributed by atoms with Gasteiger partial charge in [0.25, 0.3) is 0 Å². The zero-order valence-electron chi connectivity index (χ0n) is 27.0. The average Bonchev–Trinajstić information content (AvgIpc) is 3.00. The number of aryl methyl sites for hydroxylation is 4. The number of benzene rings is 5. The van der Waals surface area contributed by atoms with E-state index in [0.717, 1.165) is 50.1 Å². The van der Waals surface area contributed by atoms with Crippen molar-refractivity contribution in [2.75, 3.05) is 14.2 Å². The summed E-state index contributed by atoms with van der Waals surface area (Å²) >= 11 is 0. The zero-order chi connectivity index (χ0) is 35.1. The number of phenols is 1. The van der Waals surface area contributed by atoms with Gasteiger partial charge in [0.05, 0.1) is 30.7 Å². The number of alkyl halides is 6. The van der Waals surface area contributed by atoms with Gasteiger partial charge in [-0.25, -0.2) is 0 Å². The average molecular weight is 683 g/mol. The molecule has 0 saturated carbocycles. The number of hydrogen-bond acceptors (Lipinski definition) is 3. The first-order valence-electron chi connectivity index (χ1n) is 14.9. The van der Waals surface area contributed by atoms with Crippen LogP contribution in [0.1, 0.15) is 33.4 Å². The molecular formula is C38H33F6O3P. The number of rotatable bonds is 7. The van der Waals surface area contributed by atoms with E-state index in [4.69, 9.17) is 9.47 Å².